The highest BCUT2D eigenvalue weighted by atomic mass is 16.4. The standard InChI is InChI=1S/C26H38N6O8/c1-14-22(36)32-21(15(2)33)26(40)31-19(13-20(34)35)25(39)30-18(12-16-8-4-3-5-9-16)24(38)29-17(23(37)28-14)10-6-7-11-27/h3-5,8-9,14-15,17-19,21,33H,6-7,10-13,27H2,1-2H3,(H,28,37)(H,29,38)(H,30,39)(H,31,40)(H,32,36)(H,34,35)/t14-,15-,17-,18-,19-,21+/m0/s1. The molecule has 14 heteroatoms. The molecule has 1 heterocycles. The second-order valence-electron chi connectivity index (χ2n) is 9.71. The van der Waals surface area contributed by atoms with Gasteiger partial charge in [0.2, 0.25) is 29.5 Å². The molecule has 1 aliphatic rings. The predicted molar refractivity (Wildman–Crippen MR) is 142 cm³/mol. The smallest absolute Gasteiger partial charge is 0.305 e. The number of hydrogen-bond acceptors (Lipinski definition) is 8. The summed E-state index contributed by atoms with van der Waals surface area (Å²) < 4.78 is 0. The molecule has 1 aromatic rings. The summed E-state index contributed by atoms with van der Waals surface area (Å²) in [5, 5.41) is 31.7. The Bertz CT molecular complexity index is 1070. The number of unbranched alkanes of at least 4 members (excludes halogenated alkanes) is 1. The summed E-state index contributed by atoms with van der Waals surface area (Å²) in [5.74, 6) is -5.63. The number of carboxylic acids is 1. The minimum atomic E-state index is -1.64. The molecular weight excluding hydrogens is 524 g/mol. The number of nitrogens with two attached hydrogens (primary N) is 1. The minimum Gasteiger partial charge on any atom is -0.481 e. The summed E-state index contributed by atoms with van der Waals surface area (Å²) in [7, 11) is 0. The Morgan fingerprint density at radius 2 is 1.40 bits per heavy atom. The third kappa shape index (κ3) is 9.93. The van der Waals surface area contributed by atoms with Gasteiger partial charge in [-0.1, -0.05) is 30.3 Å². The molecule has 14 nitrogen and oxygen atoms in total. The summed E-state index contributed by atoms with van der Waals surface area (Å²) in [6.07, 6.45) is -1.04. The van der Waals surface area contributed by atoms with Gasteiger partial charge in [-0.3, -0.25) is 28.8 Å². The van der Waals surface area contributed by atoms with Crippen molar-refractivity contribution in [1.29, 1.82) is 0 Å². The molecule has 40 heavy (non-hydrogen) atoms. The quantitative estimate of drug-likeness (QED) is 0.151. The fraction of sp³-hybridized carbons (Fsp3) is 0.538. The van der Waals surface area contributed by atoms with Crippen LogP contribution in [0.5, 0.6) is 0 Å². The van der Waals surface area contributed by atoms with Crippen molar-refractivity contribution in [1.82, 2.24) is 26.6 Å². The van der Waals surface area contributed by atoms with Crippen molar-refractivity contribution in [2.75, 3.05) is 6.54 Å². The van der Waals surface area contributed by atoms with E-state index >= 15 is 0 Å². The van der Waals surface area contributed by atoms with Gasteiger partial charge in [0.25, 0.3) is 0 Å². The lowest BCUT2D eigenvalue weighted by Gasteiger charge is -2.26. The number of amides is 5. The van der Waals surface area contributed by atoms with Crippen LogP contribution in [0.2, 0.25) is 0 Å². The van der Waals surface area contributed by atoms with Crippen molar-refractivity contribution >= 4 is 35.5 Å². The first-order valence-electron chi connectivity index (χ1n) is 13.1. The number of hydrogen-bond donors (Lipinski definition) is 8. The molecular formula is C26H38N6O8. The number of aliphatic hydroxyl groups excluding tert-OH is 1. The lowest BCUT2D eigenvalue weighted by Crippen LogP contribution is -2.60. The number of carbonyl (C=O) groups excluding carboxylic acids is 5. The van der Waals surface area contributed by atoms with Crippen LogP contribution in [0.25, 0.3) is 0 Å². The second-order valence-corrected chi connectivity index (χ2v) is 9.71. The highest BCUT2D eigenvalue weighted by Crippen LogP contribution is 2.09. The molecule has 0 aliphatic carbocycles. The maximum Gasteiger partial charge on any atom is 0.305 e. The van der Waals surface area contributed by atoms with Crippen LogP contribution in [0.1, 0.15) is 45.1 Å². The fourth-order valence-corrected chi connectivity index (χ4v) is 4.07. The molecule has 0 unspecified atom stereocenters. The molecule has 2 rings (SSSR count). The molecule has 0 bridgehead atoms. The van der Waals surface area contributed by atoms with Gasteiger partial charge in [-0.25, -0.2) is 0 Å². The molecule has 9 N–H and O–H groups in total. The molecule has 5 amide bonds. The Labute approximate surface area is 231 Å². The molecule has 220 valence electrons. The zero-order chi connectivity index (χ0) is 29.8. The average molecular weight is 563 g/mol. The molecule has 1 aromatic carbocycles. The third-order valence-electron chi connectivity index (χ3n) is 6.32. The Balaban J connectivity index is 2.50. The van der Waals surface area contributed by atoms with E-state index in [1.54, 1.807) is 30.3 Å². The summed E-state index contributed by atoms with van der Waals surface area (Å²) in [6.45, 7) is 2.94. The lowest BCUT2D eigenvalue weighted by atomic mass is 10.0. The normalized spacial score (nSPS) is 25.7. The predicted octanol–water partition coefficient (Wildman–Crippen LogP) is -2.33. The van der Waals surface area contributed by atoms with Crippen LogP contribution in [-0.2, 0) is 35.2 Å². The van der Waals surface area contributed by atoms with Gasteiger partial charge < -0.3 is 42.5 Å². The van der Waals surface area contributed by atoms with E-state index in [9.17, 15) is 39.0 Å². The first-order chi connectivity index (χ1) is 18.9. The number of nitrogens with one attached hydrogen (secondary N) is 5. The van der Waals surface area contributed by atoms with Gasteiger partial charge in [0.1, 0.15) is 30.2 Å². The van der Waals surface area contributed by atoms with E-state index < -0.39 is 78.2 Å². The number of benzene rings is 1. The van der Waals surface area contributed by atoms with Gasteiger partial charge in [-0.15, -0.1) is 0 Å². The van der Waals surface area contributed by atoms with Crippen LogP contribution in [0.15, 0.2) is 30.3 Å². The van der Waals surface area contributed by atoms with Crippen LogP contribution in [0.4, 0.5) is 0 Å². The van der Waals surface area contributed by atoms with Crippen molar-refractivity contribution in [3.8, 4) is 0 Å². The van der Waals surface area contributed by atoms with Gasteiger partial charge in [0.15, 0.2) is 0 Å². The van der Waals surface area contributed by atoms with Gasteiger partial charge in [0.05, 0.1) is 12.5 Å². The van der Waals surface area contributed by atoms with E-state index in [0.717, 1.165) is 0 Å². The summed E-state index contributed by atoms with van der Waals surface area (Å²) in [6, 6.07) is 1.98. The van der Waals surface area contributed by atoms with Crippen molar-refractivity contribution in [2.45, 2.75) is 82.3 Å². The summed E-state index contributed by atoms with van der Waals surface area (Å²) in [5.41, 5.74) is 6.24. The average Bonchev–Trinajstić information content (AvgIpc) is 2.89. The van der Waals surface area contributed by atoms with Crippen LogP contribution in [-0.4, -0.2) is 88.6 Å². The van der Waals surface area contributed by atoms with E-state index in [2.05, 4.69) is 26.6 Å². The first-order valence-corrected chi connectivity index (χ1v) is 13.1. The Morgan fingerprint density at radius 3 is 2.00 bits per heavy atom. The van der Waals surface area contributed by atoms with Gasteiger partial charge >= 0.3 is 5.97 Å². The number of carbonyl (C=O) groups is 6. The Kier molecular flexibility index (Phi) is 12.5. The SMILES string of the molecule is C[C@@H]1NC(=O)[C@H](CCCCN)NC(=O)[C@H](Cc2ccccc2)NC(=O)[C@H](CC(=O)O)NC(=O)[C@@H]([C@H](C)O)NC1=O. The summed E-state index contributed by atoms with van der Waals surface area (Å²) in [4.78, 5) is 77.0. The highest BCUT2D eigenvalue weighted by molar-refractivity contribution is 5.98. The first kappa shape index (κ1) is 32.2. The van der Waals surface area contributed by atoms with Gasteiger partial charge in [-0.2, -0.15) is 0 Å². The number of rotatable bonds is 9. The minimum absolute atomic E-state index is 0.00393. The number of aliphatic hydroxyl groups is 1. The molecule has 0 aromatic heterocycles. The Hall–Kier alpha value is -4.04. The van der Waals surface area contributed by atoms with E-state index in [1.165, 1.54) is 13.8 Å². The third-order valence-corrected chi connectivity index (χ3v) is 6.32. The maximum atomic E-state index is 13.4. The van der Waals surface area contributed by atoms with Crippen LogP contribution in [0.3, 0.4) is 0 Å². The molecule has 0 radical (unpaired) electrons. The van der Waals surface area contributed by atoms with Crippen molar-refractivity contribution in [3.63, 3.8) is 0 Å². The topological polar surface area (TPSA) is 229 Å². The molecule has 0 spiro atoms. The lowest BCUT2D eigenvalue weighted by molar-refractivity contribution is -0.141. The molecule has 1 saturated heterocycles. The van der Waals surface area contributed by atoms with Crippen LogP contribution < -0.4 is 32.3 Å². The highest BCUT2D eigenvalue weighted by Gasteiger charge is 2.35. The van der Waals surface area contributed by atoms with Crippen LogP contribution >= 0.6 is 0 Å². The zero-order valence-electron chi connectivity index (χ0n) is 22.5. The van der Waals surface area contributed by atoms with Gasteiger partial charge in [0, 0.05) is 6.42 Å². The second kappa shape index (κ2) is 15.5. The largest absolute Gasteiger partial charge is 0.481 e. The molecule has 6 atom stereocenters. The maximum absolute atomic E-state index is 13.4. The van der Waals surface area contributed by atoms with Crippen LogP contribution in [0, 0.1) is 0 Å². The van der Waals surface area contributed by atoms with Crippen molar-refractivity contribution < 1.29 is 39.0 Å². The van der Waals surface area contributed by atoms with E-state index in [1.807, 2.05) is 0 Å². The monoisotopic (exact) mass is 562 g/mol. The van der Waals surface area contributed by atoms with E-state index in [-0.39, 0.29) is 12.8 Å². The summed E-state index contributed by atoms with van der Waals surface area (Å²) >= 11 is 0. The molecule has 1 aliphatic heterocycles. The van der Waals surface area contributed by atoms with Crippen molar-refractivity contribution in [3.05, 3.63) is 35.9 Å². The van der Waals surface area contributed by atoms with E-state index in [0.29, 0.717) is 24.9 Å². The molecule has 1 fully saturated rings. The molecule has 0 saturated carbocycles. The van der Waals surface area contributed by atoms with Crippen molar-refractivity contribution in [2.24, 2.45) is 5.73 Å². The number of carboxylic acid groups (broad SMARTS) is 1. The van der Waals surface area contributed by atoms with E-state index in [4.69, 9.17) is 5.73 Å². The fourth-order valence-electron chi connectivity index (χ4n) is 4.07. The zero-order valence-corrected chi connectivity index (χ0v) is 22.5. The Morgan fingerprint density at radius 1 is 0.825 bits per heavy atom. The van der Waals surface area contributed by atoms with Gasteiger partial charge in [-0.05, 0) is 45.2 Å². The number of aliphatic carboxylic acids is 1.